The van der Waals surface area contributed by atoms with E-state index in [0.717, 1.165) is 204 Å². The Kier molecular flexibility index (Phi) is 33.8. The summed E-state index contributed by atoms with van der Waals surface area (Å²) in [4.78, 5) is 55.5. The molecule has 27 heteroatoms. The quantitative estimate of drug-likeness (QED) is 0.110. The number of aromatic nitrogens is 24. The van der Waals surface area contributed by atoms with Crippen molar-refractivity contribution < 1.29 is 50.3 Å². The minimum atomic E-state index is 0. The van der Waals surface area contributed by atoms with Crippen molar-refractivity contribution in [1.82, 2.24) is 118 Å². The number of hydrogen-bond donors (Lipinski definition) is 0. The van der Waals surface area contributed by atoms with E-state index < -0.39 is 0 Å². The Morgan fingerprint density at radius 2 is 0.421 bits per heavy atom. The molecule has 679 valence electrons. The summed E-state index contributed by atoms with van der Waals surface area (Å²) in [6, 6.07) is 44.9. The van der Waals surface area contributed by atoms with Crippen LogP contribution in [0.15, 0.2) is 195 Å². The second-order valence-electron chi connectivity index (χ2n) is 34.1. The molecule has 0 spiro atoms. The maximum Gasteiger partial charge on any atom is 3.00 e. The molecule has 0 fully saturated rings. The van der Waals surface area contributed by atoms with Gasteiger partial charge in [0.25, 0.3) is 0 Å². The summed E-state index contributed by atoms with van der Waals surface area (Å²) in [7, 11) is 0. The molecule has 0 saturated carbocycles. The fraction of sp³-hybridized carbons (Fsp3) is 0.264. The molecule has 0 aliphatic carbocycles. The van der Waals surface area contributed by atoms with Gasteiger partial charge in [-0.05, 0) is 439 Å². The maximum absolute atomic E-state index is 4.89. The molecule has 0 unspecified atom stereocenters. The Bertz CT molecular complexity index is 6500. The Morgan fingerprint density at radius 3 is 0.639 bits per heavy atom. The van der Waals surface area contributed by atoms with E-state index in [1.165, 1.54) is 55.6 Å². The molecule has 24 nitrogen and oxygen atoms in total. The SMILES string of the molecule is Cc1cc(C)n(-c2cc(C)c(C)c(-c3nccc(C)c3C)n2)n1.Cc1cc(C)n(-c2cc(C)c(C)c(-c3nccc(C)c3C)n2)n1.Cc1ccnc(-c2cc(C)cc(-n3ncc(C)c3C)n2)c1.Cc1ccnc(-c2cc(C)cc(-n3ncc(C)c3C)n2)c1.Cc1ccnc(-c2cc(C)cc(-n3ncc(C)c3C)n2)c1.Cc1ccnc(-c2cc(C)cc(-n3ncc(C)c3C)n2)c1.[Co+2].[Co+3].[Co+3]. The zero-order valence-electron chi connectivity index (χ0n) is 81.2. The maximum atomic E-state index is 4.89. The molecular weight excluding hydrogens is 1790 g/mol. The predicted molar refractivity (Wildman–Crippen MR) is 520 cm³/mol. The number of rotatable bonds is 12. The molecule has 0 N–H and O–H groups in total. The molecular formula is C106H116Co3N24+8. The third kappa shape index (κ3) is 24.1. The molecule has 0 bridgehead atoms. The summed E-state index contributed by atoms with van der Waals surface area (Å²) in [5.41, 5.74) is 42.9. The van der Waals surface area contributed by atoms with E-state index in [9.17, 15) is 0 Å². The van der Waals surface area contributed by atoms with Crippen LogP contribution in [-0.4, -0.2) is 118 Å². The van der Waals surface area contributed by atoms with Crippen LogP contribution in [0.1, 0.15) is 157 Å². The summed E-state index contributed by atoms with van der Waals surface area (Å²) in [6.45, 7) is 57.9. The predicted octanol–water partition coefficient (Wildman–Crippen LogP) is 22.6. The summed E-state index contributed by atoms with van der Waals surface area (Å²) in [6.07, 6.45) is 18.4. The Hall–Kier alpha value is -13.4. The Labute approximate surface area is 812 Å². The van der Waals surface area contributed by atoms with Gasteiger partial charge in [-0.25, -0.2) is 58.0 Å². The van der Waals surface area contributed by atoms with Gasteiger partial charge in [0.05, 0.1) is 105 Å². The molecule has 0 aliphatic heterocycles. The standard InChI is InChI=1S/2C19H22N4.4C17H18N4.3Co/c2*1-11-7-8-20-18(15(11)5)19-16(6)12(2)9-17(21-19)23-14(4)10-13(3)22-23;4*1-11-5-6-18-15(7-11)16-8-12(2)9-17(20-16)21-14(4)13(3)10-19-21;;;/h2*7-10H,1-6H3;4*5-10H,1-4H3;;;/q;;;;;;+2;2*+3. The van der Waals surface area contributed by atoms with Crippen LogP contribution in [0.2, 0.25) is 0 Å². The van der Waals surface area contributed by atoms with Crippen LogP contribution in [0.25, 0.3) is 103 Å². The normalized spacial score (nSPS) is 10.7. The summed E-state index contributed by atoms with van der Waals surface area (Å²) in [5, 5.41) is 26.8. The first-order valence-electron chi connectivity index (χ1n) is 43.6. The topological polar surface area (TPSA) is 262 Å². The zero-order chi connectivity index (χ0) is 93.4. The van der Waals surface area contributed by atoms with Crippen LogP contribution in [-0.2, 0) is 50.3 Å². The van der Waals surface area contributed by atoms with Crippen LogP contribution in [0.3, 0.4) is 0 Å². The average Bonchev–Trinajstić information content (AvgIpc) is 1.57. The van der Waals surface area contributed by atoms with Crippen molar-refractivity contribution in [3.63, 3.8) is 0 Å². The largest absolute Gasteiger partial charge is 3.00 e. The molecule has 0 aromatic carbocycles. The van der Waals surface area contributed by atoms with Crippen molar-refractivity contribution in [2.45, 2.75) is 194 Å². The monoisotopic (exact) mass is 1900 g/mol. The first-order chi connectivity index (χ1) is 61.9. The van der Waals surface area contributed by atoms with Gasteiger partial charge in [-0.3, -0.25) is 29.9 Å². The number of aryl methyl sites for hydroxylation is 20. The van der Waals surface area contributed by atoms with Crippen molar-refractivity contribution in [2.75, 3.05) is 0 Å². The molecule has 18 aromatic heterocycles. The van der Waals surface area contributed by atoms with Crippen molar-refractivity contribution in [1.29, 1.82) is 0 Å². The van der Waals surface area contributed by atoms with Crippen LogP contribution < -0.4 is 0 Å². The van der Waals surface area contributed by atoms with E-state index in [4.69, 9.17) is 29.9 Å². The van der Waals surface area contributed by atoms with Gasteiger partial charge >= 0.3 is 50.3 Å². The molecule has 1 radical (unpaired) electrons. The van der Waals surface area contributed by atoms with Gasteiger partial charge in [-0.2, -0.15) is 30.6 Å². The van der Waals surface area contributed by atoms with Crippen LogP contribution >= 0.6 is 0 Å². The summed E-state index contributed by atoms with van der Waals surface area (Å²) in [5.74, 6) is 5.02. The van der Waals surface area contributed by atoms with Gasteiger partial charge in [-0.15, -0.1) is 0 Å². The van der Waals surface area contributed by atoms with Gasteiger partial charge in [0.15, 0.2) is 34.9 Å². The molecule has 0 saturated heterocycles. The van der Waals surface area contributed by atoms with Gasteiger partial charge in [-0.1, -0.05) is 0 Å². The summed E-state index contributed by atoms with van der Waals surface area (Å²) >= 11 is 0. The van der Waals surface area contributed by atoms with Gasteiger partial charge in [0, 0.05) is 71.3 Å². The first kappa shape index (κ1) is 102. The molecule has 0 aliphatic rings. The van der Waals surface area contributed by atoms with Crippen LogP contribution in [0.5, 0.6) is 0 Å². The fourth-order valence-corrected chi connectivity index (χ4v) is 14.7. The van der Waals surface area contributed by atoms with E-state index in [1.807, 2.05) is 203 Å². The average molecular weight is 1900 g/mol. The van der Waals surface area contributed by atoms with E-state index in [1.54, 1.807) is 0 Å². The number of pyridine rings is 12. The molecule has 133 heavy (non-hydrogen) atoms. The first-order valence-corrected chi connectivity index (χ1v) is 43.6. The zero-order valence-corrected chi connectivity index (χ0v) is 84.3. The second-order valence-corrected chi connectivity index (χ2v) is 34.1. The third-order valence-electron chi connectivity index (χ3n) is 23.3. The molecule has 18 aromatic rings. The van der Waals surface area contributed by atoms with Gasteiger partial charge < -0.3 is 0 Å². The summed E-state index contributed by atoms with van der Waals surface area (Å²) < 4.78 is 11.3. The Balaban J connectivity index is 0.000000165. The van der Waals surface area contributed by atoms with Crippen molar-refractivity contribution in [3.8, 4) is 103 Å². The van der Waals surface area contributed by atoms with Crippen LogP contribution in [0, 0.1) is 194 Å². The third-order valence-corrected chi connectivity index (χ3v) is 23.3. The van der Waals surface area contributed by atoms with Crippen molar-refractivity contribution in [2.24, 2.45) is 0 Å². The minimum Gasteiger partial charge on any atom is -0.255 e. The van der Waals surface area contributed by atoms with E-state index in [0.29, 0.717) is 0 Å². The van der Waals surface area contributed by atoms with Crippen LogP contribution in [0.4, 0.5) is 0 Å². The fourth-order valence-electron chi connectivity index (χ4n) is 14.7. The Morgan fingerprint density at radius 1 is 0.195 bits per heavy atom. The van der Waals surface area contributed by atoms with Crippen molar-refractivity contribution >= 4 is 0 Å². The van der Waals surface area contributed by atoms with E-state index in [2.05, 4.69) is 275 Å². The number of nitrogens with zero attached hydrogens (tertiary/aromatic N) is 24. The number of hydrogen-bond acceptors (Lipinski definition) is 18. The van der Waals surface area contributed by atoms with Gasteiger partial charge in [0.1, 0.15) is 0 Å². The molecule has 0 amide bonds. The second kappa shape index (κ2) is 44.2. The van der Waals surface area contributed by atoms with E-state index in [-0.39, 0.29) is 50.3 Å². The molecule has 0 atom stereocenters. The molecule has 18 heterocycles. The van der Waals surface area contributed by atoms with Gasteiger partial charge in [0.2, 0.25) is 0 Å². The van der Waals surface area contributed by atoms with E-state index >= 15 is 0 Å². The van der Waals surface area contributed by atoms with Crippen molar-refractivity contribution in [3.05, 3.63) is 352 Å². The molecule has 18 rings (SSSR count). The smallest absolute Gasteiger partial charge is 0.255 e. The minimum absolute atomic E-state index is 0.